The van der Waals surface area contributed by atoms with Crippen LogP contribution in [0.15, 0.2) is 36.5 Å². The Morgan fingerprint density at radius 1 is 1.21 bits per heavy atom. The van der Waals surface area contributed by atoms with Gasteiger partial charge in [-0.2, -0.15) is 5.10 Å². The summed E-state index contributed by atoms with van der Waals surface area (Å²) in [5, 5.41) is 28.6. The first kappa shape index (κ1) is 21.5. The summed E-state index contributed by atoms with van der Waals surface area (Å²) in [6.45, 7) is 0.592. The summed E-state index contributed by atoms with van der Waals surface area (Å²) in [4.78, 5) is 13.0. The number of carbonyl (C=O) groups is 1. The van der Waals surface area contributed by atoms with Gasteiger partial charge in [-0.05, 0) is 56.6 Å². The topological polar surface area (TPSA) is 110 Å². The van der Waals surface area contributed by atoms with Gasteiger partial charge in [0, 0.05) is 23.7 Å². The van der Waals surface area contributed by atoms with E-state index in [-0.39, 0.29) is 23.7 Å². The number of nitrogens with one attached hydrogen (secondary N) is 1. The molecule has 0 atom stereocenters. The number of amides is 1. The van der Waals surface area contributed by atoms with Gasteiger partial charge in [-0.25, -0.2) is 0 Å². The van der Waals surface area contributed by atoms with Crippen LogP contribution in [0, 0.1) is 5.92 Å². The first-order valence-electron chi connectivity index (χ1n) is 11.4. The molecule has 1 amide bonds. The summed E-state index contributed by atoms with van der Waals surface area (Å²) in [5.41, 5.74) is 1.36. The van der Waals surface area contributed by atoms with Crippen LogP contribution in [0.3, 0.4) is 0 Å². The summed E-state index contributed by atoms with van der Waals surface area (Å²) in [5.74, 6) is 0.774. The molecule has 174 valence electrons. The Morgan fingerprint density at radius 3 is 2.73 bits per heavy atom. The van der Waals surface area contributed by atoms with Gasteiger partial charge in [0.05, 0.1) is 47.9 Å². The summed E-state index contributed by atoms with van der Waals surface area (Å²) < 4.78 is 13.8. The molecular formula is C24H29N4O5+. The van der Waals surface area contributed by atoms with Crippen molar-refractivity contribution in [3.63, 3.8) is 0 Å². The molecular weight excluding hydrogens is 424 g/mol. The Balaban J connectivity index is 1.45. The zero-order valence-electron chi connectivity index (χ0n) is 18.6. The van der Waals surface area contributed by atoms with Gasteiger partial charge in [-0.15, -0.1) is 0 Å². The molecule has 0 spiro atoms. The van der Waals surface area contributed by atoms with Gasteiger partial charge in [-0.3, -0.25) is 14.7 Å². The lowest BCUT2D eigenvalue weighted by Gasteiger charge is -2.25. The molecule has 0 aliphatic heterocycles. The predicted molar refractivity (Wildman–Crippen MR) is 120 cm³/mol. The number of nitrogens with zero attached hydrogens (tertiary/aromatic N) is 3. The fourth-order valence-electron chi connectivity index (χ4n) is 4.28. The lowest BCUT2D eigenvalue weighted by molar-refractivity contribution is -0.907. The SMILES string of the molecule is COc1cccc(C(=O)Nc2cc3cn([C@H]4CC[C@H](O)CC4)nc3cc2OCC2CC2)[n+]1O. The smallest absolute Gasteiger partial charge is 0.417 e. The molecule has 5 rings (SSSR count). The van der Waals surface area contributed by atoms with Crippen molar-refractivity contribution in [3.05, 3.63) is 42.2 Å². The van der Waals surface area contributed by atoms with Crippen molar-refractivity contribution in [2.45, 2.75) is 50.7 Å². The van der Waals surface area contributed by atoms with Gasteiger partial charge < -0.3 is 19.9 Å². The number of aliphatic hydroxyl groups excluding tert-OH is 1. The van der Waals surface area contributed by atoms with Crippen LogP contribution in [0.4, 0.5) is 5.69 Å². The Labute approximate surface area is 191 Å². The first-order chi connectivity index (χ1) is 16.0. The predicted octanol–water partition coefficient (Wildman–Crippen LogP) is 3.09. The Bertz CT molecular complexity index is 1170. The second kappa shape index (κ2) is 8.90. The number of fused-ring (bicyclic) bond motifs is 1. The third-order valence-corrected chi connectivity index (χ3v) is 6.46. The molecule has 0 saturated heterocycles. The second-order valence-electron chi connectivity index (χ2n) is 8.95. The minimum absolute atomic E-state index is 0.0408. The molecule has 2 heterocycles. The molecule has 2 saturated carbocycles. The number of aliphatic hydroxyl groups is 1. The Morgan fingerprint density at radius 2 is 2.00 bits per heavy atom. The molecule has 3 N–H and O–H groups in total. The standard InChI is InChI=1S/C24H28N4O5/c1-32-23-4-2-3-21(28(23)31)24(30)25-20-11-16-13-27(17-7-9-18(29)10-8-17)26-19(16)12-22(20)33-14-15-5-6-15/h2-4,11-13,15,17-18,29H,5-10,14H2,1H3,(H-,25,30,31)/p+1/t17-,18-. The molecule has 2 aliphatic rings. The molecule has 0 radical (unpaired) electrons. The first-order valence-corrected chi connectivity index (χ1v) is 11.4. The lowest BCUT2D eigenvalue weighted by Crippen LogP contribution is -2.40. The van der Waals surface area contributed by atoms with Crippen molar-refractivity contribution in [2.75, 3.05) is 19.0 Å². The van der Waals surface area contributed by atoms with E-state index in [1.807, 2.05) is 23.0 Å². The van der Waals surface area contributed by atoms with Gasteiger partial charge in [-0.1, -0.05) is 0 Å². The van der Waals surface area contributed by atoms with E-state index < -0.39 is 5.91 Å². The highest BCUT2D eigenvalue weighted by Crippen LogP contribution is 2.36. The number of methoxy groups -OCH3 is 1. The monoisotopic (exact) mass is 453 g/mol. The molecule has 2 aromatic heterocycles. The highest BCUT2D eigenvalue weighted by molar-refractivity contribution is 6.04. The maximum atomic E-state index is 13.0. The fraction of sp³-hybridized carbons (Fsp3) is 0.458. The van der Waals surface area contributed by atoms with Gasteiger partial charge in [0.1, 0.15) is 5.75 Å². The van der Waals surface area contributed by atoms with Crippen molar-refractivity contribution in [1.82, 2.24) is 9.78 Å². The number of anilines is 1. The van der Waals surface area contributed by atoms with Gasteiger partial charge in [0.25, 0.3) is 0 Å². The van der Waals surface area contributed by atoms with Crippen LogP contribution in [0.5, 0.6) is 11.6 Å². The van der Waals surface area contributed by atoms with Crippen molar-refractivity contribution in [1.29, 1.82) is 0 Å². The summed E-state index contributed by atoms with van der Waals surface area (Å²) in [6, 6.07) is 8.68. The van der Waals surface area contributed by atoms with Crippen molar-refractivity contribution in [3.8, 4) is 11.6 Å². The molecule has 2 fully saturated rings. The molecule has 2 aliphatic carbocycles. The van der Waals surface area contributed by atoms with Crippen LogP contribution in [0.25, 0.3) is 10.9 Å². The largest absolute Gasteiger partial charge is 0.491 e. The number of hydrogen-bond acceptors (Lipinski definition) is 6. The molecule has 0 bridgehead atoms. The number of carbonyl (C=O) groups excluding carboxylic acids is 1. The summed E-state index contributed by atoms with van der Waals surface area (Å²) >= 11 is 0. The number of pyridine rings is 1. The number of aromatic nitrogens is 3. The molecule has 9 nitrogen and oxygen atoms in total. The highest BCUT2D eigenvalue weighted by atomic mass is 16.5. The van der Waals surface area contributed by atoms with Crippen LogP contribution in [-0.4, -0.2) is 45.8 Å². The quantitative estimate of drug-likeness (QED) is 0.375. The van der Waals surface area contributed by atoms with Crippen LogP contribution >= 0.6 is 0 Å². The van der Waals surface area contributed by atoms with Gasteiger partial charge in [0.2, 0.25) is 0 Å². The van der Waals surface area contributed by atoms with Gasteiger partial charge >= 0.3 is 17.5 Å². The molecule has 0 unspecified atom stereocenters. The van der Waals surface area contributed by atoms with E-state index in [9.17, 15) is 15.1 Å². The maximum Gasteiger partial charge on any atom is 0.417 e. The lowest BCUT2D eigenvalue weighted by atomic mass is 9.93. The normalized spacial score (nSPS) is 20.5. The van der Waals surface area contributed by atoms with Crippen LogP contribution < -0.4 is 19.5 Å². The Kier molecular flexibility index (Phi) is 5.80. The average Bonchev–Trinajstić information content (AvgIpc) is 3.56. The van der Waals surface area contributed by atoms with Crippen molar-refractivity contribution < 1.29 is 29.3 Å². The van der Waals surface area contributed by atoms with E-state index in [0.717, 1.165) is 49.4 Å². The third-order valence-electron chi connectivity index (χ3n) is 6.46. The molecule has 3 aromatic rings. The van der Waals surface area contributed by atoms with E-state index in [1.165, 1.54) is 13.2 Å². The van der Waals surface area contributed by atoms with E-state index in [4.69, 9.17) is 14.6 Å². The van der Waals surface area contributed by atoms with E-state index in [2.05, 4.69) is 5.32 Å². The third kappa shape index (κ3) is 4.59. The Hall–Kier alpha value is -3.33. The van der Waals surface area contributed by atoms with Crippen LogP contribution in [0.2, 0.25) is 0 Å². The number of benzene rings is 1. The zero-order valence-corrected chi connectivity index (χ0v) is 18.6. The van der Waals surface area contributed by atoms with E-state index in [0.29, 0.717) is 28.7 Å². The van der Waals surface area contributed by atoms with Crippen LogP contribution in [-0.2, 0) is 0 Å². The van der Waals surface area contributed by atoms with Crippen molar-refractivity contribution >= 4 is 22.5 Å². The number of ether oxygens (including phenoxy) is 2. The maximum absolute atomic E-state index is 13.0. The second-order valence-corrected chi connectivity index (χ2v) is 8.95. The van der Waals surface area contributed by atoms with Crippen LogP contribution in [0.1, 0.15) is 55.1 Å². The van der Waals surface area contributed by atoms with Crippen molar-refractivity contribution in [2.24, 2.45) is 5.92 Å². The average molecular weight is 454 g/mol. The number of rotatable bonds is 7. The fourth-order valence-corrected chi connectivity index (χ4v) is 4.28. The summed E-state index contributed by atoms with van der Waals surface area (Å²) in [6.07, 6.45) is 7.39. The minimum Gasteiger partial charge on any atom is -0.491 e. The van der Waals surface area contributed by atoms with E-state index >= 15 is 0 Å². The molecule has 33 heavy (non-hydrogen) atoms. The molecule has 9 heteroatoms. The van der Waals surface area contributed by atoms with Gasteiger partial charge in [0.15, 0.2) is 0 Å². The summed E-state index contributed by atoms with van der Waals surface area (Å²) in [7, 11) is 1.42. The van der Waals surface area contributed by atoms with E-state index in [1.54, 1.807) is 12.1 Å². The molecule has 1 aromatic carbocycles. The zero-order chi connectivity index (χ0) is 22.9. The number of hydrogen-bond donors (Lipinski definition) is 3. The minimum atomic E-state index is -0.485. The highest BCUT2D eigenvalue weighted by Gasteiger charge is 2.27.